The van der Waals surface area contributed by atoms with Gasteiger partial charge in [-0.1, -0.05) is 12.1 Å². The fourth-order valence-corrected chi connectivity index (χ4v) is 6.06. The highest BCUT2D eigenvalue weighted by molar-refractivity contribution is 7.91. The Bertz CT molecular complexity index is 927. The summed E-state index contributed by atoms with van der Waals surface area (Å²) >= 11 is 0. The van der Waals surface area contributed by atoms with Gasteiger partial charge in [-0.3, -0.25) is 4.79 Å². The zero-order chi connectivity index (χ0) is 18.3. The van der Waals surface area contributed by atoms with Crippen LogP contribution in [0.15, 0.2) is 18.2 Å². The van der Waals surface area contributed by atoms with Crippen molar-refractivity contribution >= 4 is 26.8 Å². The van der Waals surface area contributed by atoms with E-state index in [4.69, 9.17) is 4.98 Å². The number of carbonyl (C=O) groups excluding carboxylic acids is 1. The Kier molecular flexibility index (Phi) is 4.50. The van der Waals surface area contributed by atoms with Crippen LogP contribution in [0.25, 0.3) is 11.0 Å². The summed E-state index contributed by atoms with van der Waals surface area (Å²) in [6, 6.07) is 6.15. The summed E-state index contributed by atoms with van der Waals surface area (Å²) < 4.78 is 23.1. The van der Waals surface area contributed by atoms with Crippen LogP contribution >= 0.6 is 0 Å². The van der Waals surface area contributed by atoms with Crippen molar-refractivity contribution < 1.29 is 13.2 Å². The third-order valence-corrected chi connectivity index (χ3v) is 7.59. The van der Waals surface area contributed by atoms with Crippen LogP contribution in [0, 0.1) is 12.8 Å². The van der Waals surface area contributed by atoms with Gasteiger partial charge in [-0.25, -0.2) is 13.4 Å². The second-order valence-electron chi connectivity index (χ2n) is 7.72. The van der Waals surface area contributed by atoms with Gasteiger partial charge in [0.05, 0.1) is 22.5 Å². The quantitative estimate of drug-likeness (QED) is 0.893. The fourth-order valence-electron chi connectivity index (χ4n) is 4.20. The van der Waals surface area contributed by atoms with E-state index in [1.54, 1.807) is 0 Å². The van der Waals surface area contributed by atoms with Crippen LogP contribution in [0.2, 0.25) is 0 Å². The predicted molar refractivity (Wildman–Crippen MR) is 101 cm³/mol. The number of aryl methyl sites for hydroxylation is 1. The molecule has 3 heterocycles. The van der Waals surface area contributed by atoms with Crippen LogP contribution < -0.4 is 0 Å². The molecule has 2 fully saturated rings. The molecule has 2 saturated heterocycles. The normalized spacial score (nSPS) is 23.6. The number of rotatable bonds is 3. The highest BCUT2D eigenvalue weighted by atomic mass is 32.2. The van der Waals surface area contributed by atoms with Gasteiger partial charge >= 0.3 is 0 Å². The smallest absolute Gasteiger partial charge is 0.222 e. The molecule has 26 heavy (non-hydrogen) atoms. The molecule has 1 N–H and O–H groups in total. The molecule has 6 nitrogen and oxygen atoms in total. The van der Waals surface area contributed by atoms with Crippen molar-refractivity contribution in [2.75, 3.05) is 24.6 Å². The Morgan fingerprint density at radius 3 is 2.69 bits per heavy atom. The minimum absolute atomic E-state index is 0.00331. The third kappa shape index (κ3) is 3.49. The van der Waals surface area contributed by atoms with Gasteiger partial charge in [0.25, 0.3) is 0 Å². The number of likely N-dealkylation sites (tertiary alicyclic amines) is 1. The average molecular weight is 375 g/mol. The van der Waals surface area contributed by atoms with Crippen LogP contribution in [0.3, 0.4) is 0 Å². The van der Waals surface area contributed by atoms with Crippen LogP contribution in [-0.4, -0.2) is 53.8 Å². The van der Waals surface area contributed by atoms with E-state index in [0.29, 0.717) is 18.8 Å². The first-order valence-electron chi connectivity index (χ1n) is 9.35. The van der Waals surface area contributed by atoms with Crippen molar-refractivity contribution in [1.29, 1.82) is 0 Å². The first-order valence-corrected chi connectivity index (χ1v) is 11.2. The minimum atomic E-state index is -2.92. The molecule has 0 aliphatic carbocycles. The van der Waals surface area contributed by atoms with Crippen molar-refractivity contribution in [1.82, 2.24) is 14.9 Å². The number of aromatic nitrogens is 2. The number of nitrogens with zero attached hydrogens (tertiary/aromatic N) is 2. The third-order valence-electron chi connectivity index (χ3n) is 5.76. The number of amides is 1. The molecular weight excluding hydrogens is 350 g/mol. The van der Waals surface area contributed by atoms with Gasteiger partial charge in [0.2, 0.25) is 5.91 Å². The highest BCUT2D eigenvalue weighted by Gasteiger charge is 2.32. The summed E-state index contributed by atoms with van der Waals surface area (Å²) in [7, 11) is -2.92. The number of aromatic amines is 1. The molecule has 2 aliphatic heterocycles. The van der Waals surface area contributed by atoms with E-state index in [9.17, 15) is 13.2 Å². The topological polar surface area (TPSA) is 83.1 Å². The lowest BCUT2D eigenvalue weighted by molar-refractivity contribution is -0.133. The monoisotopic (exact) mass is 375 g/mol. The minimum Gasteiger partial charge on any atom is -0.343 e. The predicted octanol–water partition coefficient (Wildman–Crippen LogP) is 2.40. The number of imidazole rings is 1. The molecule has 0 saturated carbocycles. The number of carbonyl (C=O) groups is 1. The van der Waals surface area contributed by atoms with Crippen LogP contribution in [0.4, 0.5) is 0 Å². The van der Waals surface area contributed by atoms with Crippen molar-refractivity contribution in [2.24, 2.45) is 5.92 Å². The van der Waals surface area contributed by atoms with Gasteiger partial charge in [-0.15, -0.1) is 0 Å². The summed E-state index contributed by atoms with van der Waals surface area (Å²) in [5.74, 6) is 1.88. The molecule has 0 radical (unpaired) electrons. The number of hydrogen-bond donors (Lipinski definition) is 1. The van der Waals surface area contributed by atoms with Gasteiger partial charge in [-0.05, 0) is 43.7 Å². The molecule has 140 valence electrons. The summed E-state index contributed by atoms with van der Waals surface area (Å²) in [5.41, 5.74) is 3.27. The molecule has 0 bridgehead atoms. The zero-order valence-corrected chi connectivity index (χ0v) is 15.9. The number of fused-ring (bicyclic) bond motifs is 1. The van der Waals surface area contributed by atoms with Crippen molar-refractivity contribution in [3.05, 3.63) is 29.6 Å². The number of hydrogen-bond acceptors (Lipinski definition) is 4. The van der Waals surface area contributed by atoms with Crippen molar-refractivity contribution in [3.63, 3.8) is 0 Å². The maximum absolute atomic E-state index is 12.5. The summed E-state index contributed by atoms with van der Waals surface area (Å²) in [6.45, 7) is 3.51. The van der Waals surface area contributed by atoms with E-state index in [2.05, 4.69) is 18.0 Å². The van der Waals surface area contributed by atoms with Crippen LogP contribution in [0.1, 0.15) is 43.0 Å². The van der Waals surface area contributed by atoms with Crippen LogP contribution in [-0.2, 0) is 14.6 Å². The number of para-hydroxylation sites is 1. The lowest BCUT2D eigenvalue weighted by Crippen LogP contribution is -2.39. The largest absolute Gasteiger partial charge is 0.343 e. The van der Waals surface area contributed by atoms with Crippen molar-refractivity contribution in [2.45, 2.75) is 38.5 Å². The maximum atomic E-state index is 12.5. The molecule has 1 amide bonds. The van der Waals surface area contributed by atoms with E-state index in [0.717, 1.165) is 42.8 Å². The van der Waals surface area contributed by atoms with Gasteiger partial charge in [0.15, 0.2) is 9.84 Å². The molecule has 2 aliphatic rings. The Labute approximate surface area is 153 Å². The Morgan fingerprint density at radius 2 is 2.04 bits per heavy atom. The lowest BCUT2D eigenvalue weighted by Gasteiger charge is -2.31. The Morgan fingerprint density at radius 1 is 1.27 bits per heavy atom. The van der Waals surface area contributed by atoms with E-state index < -0.39 is 9.84 Å². The van der Waals surface area contributed by atoms with E-state index in [1.165, 1.54) is 5.56 Å². The molecule has 1 aromatic carbocycles. The number of benzene rings is 1. The molecular formula is C19H25N3O3S. The highest BCUT2D eigenvalue weighted by Crippen LogP contribution is 2.30. The second-order valence-corrected chi connectivity index (χ2v) is 9.95. The fraction of sp³-hybridized carbons (Fsp3) is 0.579. The Balaban J connectivity index is 1.36. The summed E-state index contributed by atoms with van der Waals surface area (Å²) in [5, 5.41) is 0. The Hall–Kier alpha value is -1.89. The molecule has 4 rings (SSSR count). The van der Waals surface area contributed by atoms with Gasteiger partial charge < -0.3 is 9.88 Å². The van der Waals surface area contributed by atoms with Crippen LogP contribution in [0.5, 0.6) is 0 Å². The number of nitrogens with one attached hydrogen (secondary N) is 1. The van der Waals surface area contributed by atoms with Gasteiger partial charge in [0.1, 0.15) is 5.82 Å². The van der Waals surface area contributed by atoms with Gasteiger partial charge in [-0.2, -0.15) is 0 Å². The van der Waals surface area contributed by atoms with E-state index in [-0.39, 0.29) is 23.3 Å². The number of piperidine rings is 1. The molecule has 7 heteroatoms. The molecule has 1 aromatic heterocycles. The summed E-state index contributed by atoms with van der Waals surface area (Å²) in [4.78, 5) is 22.6. The second kappa shape index (κ2) is 6.68. The van der Waals surface area contributed by atoms with E-state index >= 15 is 0 Å². The average Bonchev–Trinajstić information content (AvgIpc) is 3.19. The lowest BCUT2D eigenvalue weighted by atomic mass is 9.95. The first kappa shape index (κ1) is 17.5. The van der Waals surface area contributed by atoms with Crippen molar-refractivity contribution in [3.8, 4) is 0 Å². The van der Waals surface area contributed by atoms with Gasteiger partial charge in [0, 0.05) is 25.4 Å². The molecule has 2 aromatic rings. The van der Waals surface area contributed by atoms with E-state index in [1.807, 2.05) is 17.0 Å². The first-order chi connectivity index (χ1) is 12.4. The number of sulfone groups is 1. The number of H-pyrrole nitrogens is 1. The zero-order valence-electron chi connectivity index (χ0n) is 15.1. The molecule has 0 spiro atoms. The SMILES string of the molecule is Cc1cccc2[nH]c(C3CCN(C(=O)C[C@@H]4CCS(=O)(=O)C4)CC3)nc12. The summed E-state index contributed by atoms with van der Waals surface area (Å²) in [6.07, 6.45) is 2.79. The molecule has 0 unspecified atom stereocenters. The molecule has 1 atom stereocenters. The maximum Gasteiger partial charge on any atom is 0.222 e. The standard InChI is InChI=1S/C19H25N3O3S/c1-13-3-2-4-16-18(13)21-19(20-16)15-5-8-22(9-6-15)17(23)11-14-7-10-26(24,25)12-14/h2-4,14-15H,5-12H2,1H3,(H,20,21)/t14-/m0/s1.